The molecule has 0 atom stereocenters. The van der Waals surface area contributed by atoms with Crippen LogP contribution in [0.1, 0.15) is 33.6 Å². The average molecular weight is 465 g/mol. The minimum absolute atomic E-state index is 0.0104. The molecular weight excluding hydrogens is 428 g/mol. The van der Waals surface area contributed by atoms with Gasteiger partial charge < -0.3 is 35.7 Å². The number of carbonyl (C=O) groups is 4. The fourth-order valence-corrected chi connectivity index (χ4v) is 0.620. The Labute approximate surface area is 188 Å². The van der Waals surface area contributed by atoms with Gasteiger partial charge in [0.05, 0.1) is 0 Å². The second kappa shape index (κ2) is 27.7. The summed E-state index contributed by atoms with van der Waals surface area (Å²) in [7, 11) is 0. The van der Waals surface area contributed by atoms with Crippen molar-refractivity contribution in [2.45, 2.75) is 33.6 Å². The van der Waals surface area contributed by atoms with Gasteiger partial charge in [-0.2, -0.15) is 0 Å². The minimum Gasteiger partial charge on any atom is -0.478 e. The zero-order chi connectivity index (χ0) is 26.9. The molecular formula is C21H36O11. The Kier molecular flexibility index (Phi) is 34.0. The summed E-state index contributed by atoms with van der Waals surface area (Å²) in [5.74, 6) is -3.83. The maximum atomic E-state index is 9.60. The van der Waals surface area contributed by atoms with Crippen LogP contribution in [0.25, 0.3) is 0 Å². The van der Waals surface area contributed by atoms with Crippen molar-refractivity contribution in [3.8, 4) is 0 Å². The lowest BCUT2D eigenvalue weighted by atomic mass is 10.1. The van der Waals surface area contributed by atoms with E-state index in [9.17, 15) is 19.2 Å². The molecule has 0 saturated carbocycles. The lowest BCUT2D eigenvalue weighted by Gasteiger charge is -2.07. The number of hydrogen-bond acceptors (Lipinski definition) is 7. The standard InChI is InChI=1S/C6H14O3.3C4H6O2.C3H4O2/c7-3-1-2-6(4-8)5-9;3*1-3(2)4(5)6;1-2-3(4)5/h6-9H,1-5H2;3*1H2,2H3,(H,5,6);2H,1H2,(H,4,5). The molecule has 0 saturated heterocycles. The summed E-state index contributed by atoms with van der Waals surface area (Å²) in [4.78, 5) is 38.0. The van der Waals surface area contributed by atoms with Crippen LogP contribution < -0.4 is 0 Å². The summed E-state index contributed by atoms with van der Waals surface area (Å²) in [5, 5.41) is 56.6. The van der Waals surface area contributed by atoms with Crippen molar-refractivity contribution in [3.63, 3.8) is 0 Å². The summed E-state index contributed by atoms with van der Waals surface area (Å²) in [6.45, 7) is 16.9. The summed E-state index contributed by atoms with van der Waals surface area (Å²) < 4.78 is 0. The third-order valence-electron chi connectivity index (χ3n) is 2.56. The lowest BCUT2D eigenvalue weighted by Crippen LogP contribution is -2.11. The van der Waals surface area contributed by atoms with Gasteiger partial charge in [0, 0.05) is 48.5 Å². The first-order valence-corrected chi connectivity index (χ1v) is 8.89. The van der Waals surface area contributed by atoms with Crippen LogP contribution in [0.5, 0.6) is 0 Å². The first-order chi connectivity index (χ1) is 14.5. The fraction of sp³-hybridized carbons (Fsp3) is 0.429. The molecule has 0 bridgehead atoms. The van der Waals surface area contributed by atoms with Gasteiger partial charge in [0.25, 0.3) is 0 Å². The van der Waals surface area contributed by atoms with Gasteiger partial charge in [-0.05, 0) is 33.6 Å². The van der Waals surface area contributed by atoms with Gasteiger partial charge in [-0.25, -0.2) is 19.2 Å². The molecule has 0 aromatic rings. The highest BCUT2D eigenvalue weighted by atomic mass is 16.4. The molecule has 32 heavy (non-hydrogen) atoms. The van der Waals surface area contributed by atoms with Crippen LogP contribution in [0.3, 0.4) is 0 Å². The van der Waals surface area contributed by atoms with E-state index in [1.165, 1.54) is 20.8 Å². The van der Waals surface area contributed by atoms with Crippen LogP contribution in [0, 0.1) is 5.92 Å². The Morgan fingerprint density at radius 3 is 1.03 bits per heavy atom. The number of rotatable bonds is 9. The molecule has 0 heterocycles. The Balaban J connectivity index is -0.0000000966. The zero-order valence-electron chi connectivity index (χ0n) is 18.8. The van der Waals surface area contributed by atoms with Gasteiger partial charge in [-0.1, -0.05) is 26.3 Å². The predicted molar refractivity (Wildman–Crippen MR) is 119 cm³/mol. The van der Waals surface area contributed by atoms with Crippen molar-refractivity contribution in [2.24, 2.45) is 5.92 Å². The minimum atomic E-state index is -0.981. The first kappa shape index (κ1) is 39.2. The second-order valence-corrected chi connectivity index (χ2v) is 5.90. The summed E-state index contributed by atoms with van der Waals surface area (Å²) in [6, 6.07) is 0. The van der Waals surface area contributed by atoms with E-state index < -0.39 is 23.9 Å². The van der Waals surface area contributed by atoms with E-state index in [1.54, 1.807) is 0 Å². The topological polar surface area (TPSA) is 210 Å². The summed E-state index contributed by atoms with van der Waals surface area (Å²) in [6.07, 6.45) is 2.19. The Hall–Kier alpha value is -3.28. The quantitative estimate of drug-likeness (QED) is 0.243. The Bertz CT molecular complexity index is 510. The number of carboxylic acid groups (broad SMARTS) is 4. The molecule has 0 aliphatic carbocycles. The molecule has 0 aliphatic rings. The molecule has 11 heteroatoms. The molecule has 0 radical (unpaired) electrons. The monoisotopic (exact) mass is 464 g/mol. The first-order valence-electron chi connectivity index (χ1n) is 8.89. The molecule has 0 aromatic heterocycles. The molecule has 11 nitrogen and oxygen atoms in total. The van der Waals surface area contributed by atoms with Crippen LogP contribution in [0.4, 0.5) is 0 Å². The maximum absolute atomic E-state index is 9.60. The Morgan fingerprint density at radius 1 is 0.719 bits per heavy atom. The molecule has 0 aromatic carbocycles. The molecule has 0 rings (SSSR count). The van der Waals surface area contributed by atoms with Gasteiger partial charge >= 0.3 is 23.9 Å². The zero-order valence-corrected chi connectivity index (χ0v) is 18.8. The predicted octanol–water partition coefficient (Wildman–Crippen LogP) is 1.56. The highest BCUT2D eigenvalue weighted by molar-refractivity contribution is 5.85. The van der Waals surface area contributed by atoms with E-state index in [4.69, 9.17) is 35.7 Å². The van der Waals surface area contributed by atoms with Crippen LogP contribution in [0.2, 0.25) is 0 Å². The Morgan fingerprint density at radius 2 is 0.938 bits per heavy atom. The number of aliphatic carboxylic acids is 4. The van der Waals surface area contributed by atoms with Crippen molar-refractivity contribution in [1.29, 1.82) is 0 Å². The molecule has 0 amide bonds. The summed E-state index contributed by atoms with van der Waals surface area (Å²) in [5.41, 5.74) is 0.528. The van der Waals surface area contributed by atoms with Crippen molar-refractivity contribution in [1.82, 2.24) is 0 Å². The molecule has 0 aliphatic heterocycles. The SMILES string of the molecule is C=C(C)C(=O)O.C=C(C)C(=O)O.C=C(C)C(=O)O.C=CC(=O)O.OCCCC(CO)CO. The van der Waals surface area contributed by atoms with Gasteiger partial charge in [0.2, 0.25) is 0 Å². The normalized spacial score (nSPS) is 8.22. The smallest absolute Gasteiger partial charge is 0.330 e. The number of aliphatic hydroxyl groups excluding tert-OH is 3. The molecule has 7 N–H and O–H groups in total. The second-order valence-electron chi connectivity index (χ2n) is 5.90. The largest absolute Gasteiger partial charge is 0.478 e. The molecule has 0 spiro atoms. The van der Waals surface area contributed by atoms with Crippen LogP contribution in [-0.4, -0.2) is 79.4 Å². The number of hydrogen-bond donors (Lipinski definition) is 7. The van der Waals surface area contributed by atoms with Gasteiger partial charge in [-0.3, -0.25) is 0 Å². The lowest BCUT2D eigenvalue weighted by molar-refractivity contribution is -0.133. The fourth-order valence-electron chi connectivity index (χ4n) is 0.620. The number of carboxylic acids is 4. The highest BCUT2D eigenvalue weighted by Gasteiger charge is 2.03. The van der Waals surface area contributed by atoms with E-state index in [2.05, 4.69) is 26.3 Å². The van der Waals surface area contributed by atoms with Gasteiger partial charge in [-0.15, -0.1) is 0 Å². The third-order valence-corrected chi connectivity index (χ3v) is 2.56. The van der Waals surface area contributed by atoms with E-state index in [0.717, 1.165) is 6.08 Å². The van der Waals surface area contributed by atoms with Crippen LogP contribution in [-0.2, 0) is 19.2 Å². The van der Waals surface area contributed by atoms with Gasteiger partial charge in [0.1, 0.15) is 0 Å². The molecule has 186 valence electrons. The van der Waals surface area contributed by atoms with Crippen molar-refractivity contribution in [2.75, 3.05) is 19.8 Å². The van der Waals surface area contributed by atoms with Crippen molar-refractivity contribution >= 4 is 23.9 Å². The average Bonchev–Trinajstić information content (AvgIpc) is 2.70. The number of aliphatic hydroxyl groups is 3. The van der Waals surface area contributed by atoms with E-state index in [1.807, 2.05) is 0 Å². The van der Waals surface area contributed by atoms with Crippen LogP contribution in [0.15, 0.2) is 49.1 Å². The van der Waals surface area contributed by atoms with Crippen molar-refractivity contribution in [3.05, 3.63) is 49.1 Å². The van der Waals surface area contributed by atoms with E-state index >= 15 is 0 Å². The summed E-state index contributed by atoms with van der Waals surface area (Å²) >= 11 is 0. The van der Waals surface area contributed by atoms with Crippen molar-refractivity contribution < 1.29 is 54.9 Å². The maximum Gasteiger partial charge on any atom is 0.330 e. The van der Waals surface area contributed by atoms with E-state index in [0.29, 0.717) is 12.8 Å². The molecule has 0 unspecified atom stereocenters. The van der Waals surface area contributed by atoms with Crippen LogP contribution >= 0.6 is 0 Å². The third kappa shape index (κ3) is 50.4. The van der Waals surface area contributed by atoms with Gasteiger partial charge in [0.15, 0.2) is 0 Å². The highest BCUT2D eigenvalue weighted by Crippen LogP contribution is 2.02. The molecule has 0 fully saturated rings. The van der Waals surface area contributed by atoms with E-state index in [-0.39, 0.29) is 42.5 Å².